The molecular formula is C33H41NO6. The second kappa shape index (κ2) is 12.2. The van der Waals surface area contributed by atoms with Crippen molar-refractivity contribution in [3.63, 3.8) is 0 Å². The van der Waals surface area contributed by atoms with Crippen molar-refractivity contribution in [2.75, 3.05) is 13.2 Å². The third-order valence-corrected chi connectivity index (χ3v) is 9.39. The Labute approximate surface area is 235 Å². The molecule has 5 rings (SSSR count). The molecule has 1 aliphatic heterocycles. The van der Waals surface area contributed by atoms with Gasteiger partial charge in [0.1, 0.15) is 5.75 Å². The molecule has 2 fully saturated rings. The van der Waals surface area contributed by atoms with Gasteiger partial charge in [-0.2, -0.15) is 0 Å². The Bertz CT molecular complexity index is 1320. The minimum absolute atomic E-state index is 0.0853. The number of nitrogens with zero attached hydrogens (tertiary/aromatic N) is 1. The monoisotopic (exact) mass is 547 g/mol. The summed E-state index contributed by atoms with van der Waals surface area (Å²) in [6.07, 6.45) is 7.87. The minimum Gasteiger partial charge on any atom is -0.507 e. The number of aromatic hydroxyl groups is 1. The summed E-state index contributed by atoms with van der Waals surface area (Å²) in [5.41, 5.74) is 3.21. The molecule has 7 heteroatoms. The van der Waals surface area contributed by atoms with Crippen molar-refractivity contribution in [1.82, 2.24) is 4.90 Å². The topological polar surface area (TPSA) is 118 Å². The molecule has 214 valence electrons. The Morgan fingerprint density at radius 3 is 2.42 bits per heavy atom. The highest BCUT2D eigenvalue weighted by molar-refractivity contribution is 6.06. The molecule has 0 aromatic heterocycles. The van der Waals surface area contributed by atoms with E-state index in [1.54, 1.807) is 6.07 Å². The first-order valence-electron chi connectivity index (χ1n) is 14.8. The molecule has 1 saturated heterocycles. The highest BCUT2D eigenvalue weighted by Gasteiger charge is 2.56. The number of hydrogen-bond acceptors (Lipinski definition) is 6. The average Bonchev–Trinajstić information content (AvgIpc) is 3.24. The lowest BCUT2D eigenvalue weighted by atomic mass is 9.68. The van der Waals surface area contributed by atoms with E-state index in [0.717, 1.165) is 60.4 Å². The van der Waals surface area contributed by atoms with Gasteiger partial charge in [0.05, 0.1) is 31.2 Å². The van der Waals surface area contributed by atoms with E-state index < -0.39 is 23.9 Å². The van der Waals surface area contributed by atoms with Crippen molar-refractivity contribution in [3.8, 4) is 5.75 Å². The molecule has 7 nitrogen and oxygen atoms in total. The van der Waals surface area contributed by atoms with E-state index in [1.165, 1.54) is 4.90 Å². The molecule has 40 heavy (non-hydrogen) atoms. The van der Waals surface area contributed by atoms with Crippen LogP contribution in [0.15, 0.2) is 53.1 Å². The van der Waals surface area contributed by atoms with Crippen LogP contribution in [0.3, 0.4) is 0 Å². The molecule has 4 atom stereocenters. The number of rotatable bonds is 9. The predicted molar refractivity (Wildman–Crippen MR) is 154 cm³/mol. The zero-order chi connectivity index (χ0) is 28.4. The third kappa shape index (κ3) is 5.22. The van der Waals surface area contributed by atoms with E-state index in [4.69, 9.17) is 0 Å². The zero-order valence-electron chi connectivity index (χ0n) is 23.3. The highest BCUT2D eigenvalue weighted by atomic mass is 16.3. The normalized spacial score (nSPS) is 25.1. The van der Waals surface area contributed by atoms with Gasteiger partial charge in [-0.3, -0.25) is 14.5 Å². The summed E-state index contributed by atoms with van der Waals surface area (Å²) >= 11 is 0. The summed E-state index contributed by atoms with van der Waals surface area (Å²) < 4.78 is 0. The van der Waals surface area contributed by atoms with Gasteiger partial charge in [-0.05, 0) is 66.7 Å². The number of fused-ring (bicyclic) bond motifs is 2. The summed E-state index contributed by atoms with van der Waals surface area (Å²) in [6, 6.07) is 11.2. The third-order valence-electron chi connectivity index (χ3n) is 9.39. The van der Waals surface area contributed by atoms with Crippen LogP contribution in [0.2, 0.25) is 0 Å². The number of amides is 2. The maximum absolute atomic E-state index is 13.6. The molecular weight excluding hydrogens is 506 g/mol. The number of phenolic OH excluding ortho intramolecular Hbond substituents is 1. The van der Waals surface area contributed by atoms with Crippen molar-refractivity contribution in [3.05, 3.63) is 58.7 Å². The minimum atomic E-state index is -0.946. The molecule has 0 radical (unpaired) electrons. The van der Waals surface area contributed by atoms with Crippen LogP contribution in [0.5, 0.6) is 5.75 Å². The van der Waals surface area contributed by atoms with Gasteiger partial charge in [-0.15, -0.1) is 0 Å². The molecule has 1 heterocycles. The molecule has 1 saturated carbocycles. The molecule has 0 bridgehead atoms. The van der Waals surface area contributed by atoms with Crippen LogP contribution in [0.25, 0.3) is 16.8 Å². The van der Waals surface area contributed by atoms with E-state index in [9.17, 15) is 30.0 Å². The SMILES string of the molecule is CC/C(=C\c1ccc(O)c2ccccc12)CC[C@@H](O)C1=C(CO)C[C@H]2C(=O)N(C3CCCCC3)C(=O)[C@H]2[C@H]1CO. The number of imide groups is 1. The Morgan fingerprint density at radius 1 is 1.02 bits per heavy atom. The second-order valence-corrected chi connectivity index (χ2v) is 11.6. The molecule has 4 N–H and O–H groups in total. The van der Waals surface area contributed by atoms with Crippen molar-refractivity contribution < 1.29 is 30.0 Å². The molecule has 2 aromatic carbocycles. The van der Waals surface area contributed by atoms with Crippen molar-refractivity contribution >= 4 is 28.7 Å². The summed E-state index contributed by atoms with van der Waals surface area (Å²) in [6.45, 7) is 1.39. The second-order valence-electron chi connectivity index (χ2n) is 11.6. The van der Waals surface area contributed by atoms with Gasteiger partial charge in [0, 0.05) is 17.3 Å². The van der Waals surface area contributed by atoms with Crippen molar-refractivity contribution in [1.29, 1.82) is 0 Å². The first-order valence-corrected chi connectivity index (χ1v) is 14.8. The van der Waals surface area contributed by atoms with Gasteiger partial charge in [0.2, 0.25) is 11.8 Å². The molecule has 0 spiro atoms. The Morgan fingerprint density at radius 2 is 1.75 bits per heavy atom. The number of likely N-dealkylation sites (tertiary alicyclic amines) is 1. The predicted octanol–water partition coefficient (Wildman–Crippen LogP) is 4.71. The van der Waals surface area contributed by atoms with Gasteiger partial charge >= 0.3 is 0 Å². The van der Waals surface area contributed by atoms with Gasteiger partial charge < -0.3 is 20.4 Å². The lowest BCUT2D eigenvalue weighted by Crippen LogP contribution is -2.42. The Kier molecular flexibility index (Phi) is 8.74. The number of hydrogen-bond donors (Lipinski definition) is 4. The largest absolute Gasteiger partial charge is 0.507 e. The van der Waals surface area contributed by atoms with E-state index in [2.05, 4.69) is 13.0 Å². The first kappa shape index (κ1) is 28.5. The average molecular weight is 548 g/mol. The molecule has 3 aliphatic rings. The molecule has 0 unspecified atom stereocenters. The van der Waals surface area contributed by atoms with Crippen LogP contribution in [0.4, 0.5) is 0 Å². The van der Waals surface area contributed by atoms with E-state index in [1.807, 2.05) is 30.3 Å². The van der Waals surface area contributed by atoms with E-state index >= 15 is 0 Å². The fourth-order valence-electron chi connectivity index (χ4n) is 7.31. The lowest BCUT2D eigenvalue weighted by molar-refractivity contribution is -0.143. The number of carbonyl (C=O) groups excluding carboxylic acids is 2. The van der Waals surface area contributed by atoms with Crippen molar-refractivity contribution in [2.45, 2.75) is 76.9 Å². The fraction of sp³-hybridized carbons (Fsp3) is 0.515. The maximum Gasteiger partial charge on any atom is 0.234 e. The number of benzene rings is 2. The van der Waals surface area contributed by atoms with Crippen LogP contribution >= 0.6 is 0 Å². The quantitative estimate of drug-likeness (QED) is 0.267. The first-order chi connectivity index (χ1) is 19.4. The smallest absolute Gasteiger partial charge is 0.234 e. The summed E-state index contributed by atoms with van der Waals surface area (Å²) in [7, 11) is 0. The number of aliphatic hydroxyl groups is 3. The van der Waals surface area contributed by atoms with Gasteiger partial charge in [-0.25, -0.2) is 0 Å². The summed E-state index contributed by atoms with van der Waals surface area (Å²) in [5.74, 6) is -2.14. The van der Waals surface area contributed by atoms with Crippen LogP contribution in [-0.4, -0.2) is 62.5 Å². The lowest BCUT2D eigenvalue weighted by Gasteiger charge is -2.36. The number of carbonyl (C=O) groups is 2. The fourth-order valence-corrected chi connectivity index (χ4v) is 7.31. The van der Waals surface area contributed by atoms with Gasteiger partial charge in [-0.1, -0.05) is 68.2 Å². The summed E-state index contributed by atoms with van der Waals surface area (Å²) in [4.78, 5) is 28.5. The molecule has 2 aromatic rings. The summed E-state index contributed by atoms with van der Waals surface area (Å²) in [5, 5.41) is 44.1. The van der Waals surface area contributed by atoms with E-state index in [0.29, 0.717) is 24.0 Å². The molecule has 2 amide bonds. The van der Waals surface area contributed by atoms with Crippen molar-refractivity contribution in [2.24, 2.45) is 17.8 Å². The van der Waals surface area contributed by atoms with Crippen LogP contribution in [-0.2, 0) is 9.59 Å². The van der Waals surface area contributed by atoms with Crippen LogP contribution in [0, 0.1) is 17.8 Å². The van der Waals surface area contributed by atoms with Crippen LogP contribution in [0.1, 0.15) is 70.3 Å². The highest BCUT2D eigenvalue weighted by Crippen LogP contribution is 2.47. The van der Waals surface area contributed by atoms with Gasteiger partial charge in [0.15, 0.2) is 0 Å². The molecule has 2 aliphatic carbocycles. The van der Waals surface area contributed by atoms with E-state index in [-0.39, 0.29) is 43.2 Å². The maximum atomic E-state index is 13.6. The number of phenols is 1. The standard InChI is InChI=1S/C33H41NO6/c1-2-20(16-21-13-15-28(37)25-11-7-6-10-24(21)25)12-14-29(38)30-22(18-35)17-26-31(27(30)19-36)33(40)34(32(26)39)23-8-4-3-5-9-23/h6-7,10-11,13,15-16,23,26-27,29,31,35-38H,2-5,8-9,12,14,17-19H2,1H3/b20-16+/t26-,27+,29-,31-/m1/s1. The van der Waals surface area contributed by atoms with Gasteiger partial charge in [0.25, 0.3) is 0 Å². The number of allylic oxidation sites excluding steroid dienone is 1. The Balaban J connectivity index is 1.37. The zero-order valence-corrected chi connectivity index (χ0v) is 23.3. The van der Waals surface area contributed by atoms with Crippen LogP contribution < -0.4 is 0 Å². The number of aliphatic hydroxyl groups excluding tert-OH is 3. The Hall–Kier alpha value is -3.00.